The average Bonchev–Trinajstić information content (AvgIpc) is 2.50. The molecule has 0 spiro atoms. The first-order valence-electron chi connectivity index (χ1n) is 6.91. The zero-order chi connectivity index (χ0) is 15.1. The minimum absolute atomic E-state index is 0.649. The highest BCUT2D eigenvalue weighted by molar-refractivity contribution is 9.10. The fourth-order valence-electron chi connectivity index (χ4n) is 2.05. The van der Waals surface area contributed by atoms with Gasteiger partial charge in [0.2, 0.25) is 0 Å². The maximum absolute atomic E-state index is 5.83. The summed E-state index contributed by atoms with van der Waals surface area (Å²) in [7, 11) is 3.61. The molecule has 0 fully saturated rings. The predicted octanol–water partition coefficient (Wildman–Crippen LogP) is 3.80. The summed E-state index contributed by atoms with van der Waals surface area (Å²) in [6.45, 7) is 1.50. The van der Waals surface area contributed by atoms with E-state index in [2.05, 4.69) is 45.5 Å². The molecule has 0 saturated carbocycles. The number of hydrogen-bond acceptors (Lipinski definition) is 3. The maximum atomic E-state index is 5.83. The zero-order valence-corrected chi connectivity index (χ0v) is 13.9. The average molecular weight is 350 g/mol. The van der Waals surface area contributed by atoms with Crippen LogP contribution in [0.1, 0.15) is 11.1 Å². The zero-order valence-electron chi connectivity index (χ0n) is 12.4. The number of halogens is 1. The molecule has 2 aromatic carbocycles. The molecule has 1 N–H and O–H groups in total. The molecule has 0 atom stereocenters. The molecule has 3 nitrogen and oxygen atoms in total. The van der Waals surface area contributed by atoms with Gasteiger partial charge in [0, 0.05) is 13.0 Å². The topological polar surface area (TPSA) is 30.5 Å². The van der Waals surface area contributed by atoms with Crippen molar-refractivity contribution in [1.82, 2.24) is 5.32 Å². The fourth-order valence-corrected chi connectivity index (χ4v) is 2.59. The first-order valence-corrected chi connectivity index (χ1v) is 7.71. The number of hydrogen-bond donors (Lipinski definition) is 1. The summed E-state index contributed by atoms with van der Waals surface area (Å²) >= 11 is 3.55. The monoisotopic (exact) mass is 349 g/mol. The molecular weight excluding hydrogens is 330 g/mol. The third-order valence-corrected chi connectivity index (χ3v) is 3.80. The molecular formula is C17H20BrNO2. The van der Waals surface area contributed by atoms with Crippen molar-refractivity contribution in [2.75, 3.05) is 20.8 Å². The van der Waals surface area contributed by atoms with Gasteiger partial charge in [-0.25, -0.2) is 0 Å². The highest BCUT2D eigenvalue weighted by Crippen LogP contribution is 2.26. The Morgan fingerprint density at radius 1 is 1.05 bits per heavy atom. The van der Waals surface area contributed by atoms with Gasteiger partial charge in [-0.3, -0.25) is 0 Å². The summed E-state index contributed by atoms with van der Waals surface area (Å²) in [6.07, 6.45) is 0.870. The van der Waals surface area contributed by atoms with E-state index in [1.54, 1.807) is 7.11 Å². The normalized spacial score (nSPS) is 10.4. The quantitative estimate of drug-likeness (QED) is 0.824. The molecule has 0 heterocycles. The highest BCUT2D eigenvalue weighted by Gasteiger charge is 2.03. The molecule has 0 radical (unpaired) electrons. The standard InChI is InChI=1S/C17H20BrNO2/c1-19-12-14-5-8-17(16(18)11-14)21-10-9-13-3-6-15(20-2)7-4-13/h3-8,11,19H,9-10,12H2,1-2H3. The van der Waals surface area contributed by atoms with Gasteiger partial charge in [0.15, 0.2) is 0 Å². The van der Waals surface area contributed by atoms with Crippen molar-refractivity contribution in [2.45, 2.75) is 13.0 Å². The van der Waals surface area contributed by atoms with E-state index in [4.69, 9.17) is 9.47 Å². The summed E-state index contributed by atoms with van der Waals surface area (Å²) in [5, 5.41) is 3.13. The van der Waals surface area contributed by atoms with Gasteiger partial charge in [0.1, 0.15) is 11.5 Å². The number of rotatable bonds is 7. The first kappa shape index (κ1) is 15.9. The Morgan fingerprint density at radius 3 is 2.38 bits per heavy atom. The second kappa shape index (κ2) is 8.05. The summed E-state index contributed by atoms with van der Waals surface area (Å²) in [6, 6.07) is 14.2. The Balaban J connectivity index is 1.87. The van der Waals surface area contributed by atoms with Crippen LogP contribution in [-0.2, 0) is 13.0 Å². The van der Waals surface area contributed by atoms with E-state index in [-0.39, 0.29) is 0 Å². The van der Waals surface area contributed by atoms with E-state index >= 15 is 0 Å². The smallest absolute Gasteiger partial charge is 0.133 e. The van der Waals surface area contributed by atoms with Gasteiger partial charge in [0.25, 0.3) is 0 Å². The molecule has 2 aromatic rings. The lowest BCUT2D eigenvalue weighted by Crippen LogP contribution is -2.06. The van der Waals surface area contributed by atoms with Crippen LogP contribution in [0, 0.1) is 0 Å². The van der Waals surface area contributed by atoms with Crippen LogP contribution in [0.15, 0.2) is 46.9 Å². The molecule has 0 aromatic heterocycles. The van der Waals surface area contributed by atoms with Crippen LogP contribution < -0.4 is 14.8 Å². The van der Waals surface area contributed by atoms with Crippen molar-refractivity contribution < 1.29 is 9.47 Å². The van der Waals surface area contributed by atoms with Crippen LogP contribution >= 0.6 is 15.9 Å². The third kappa shape index (κ3) is 4.76. The van der Waals surface area contributed by atoms with Crippen LogP contribution in [0.3, 0.4) is 0 Å². The first-order chi connectivity index (χ1) is 10.2. The van der Waals surface area contributed by atoms with Gasteiger partial charge in [0.05, 0.1) is 18.2 Å². The van der Waals surface area contributed by atoms with E-state index < -0.39 is 0 Å². The Hall–Kier alpha value is -1.52. The van der Waals surface area contributed by atoms with Crippen LogP contribution in [0.5, 0.6) is 11.5 Å². The fraction of sp³-hybridized carbons (Fsp3) is 0.294. The van der Waals surface area contributed by atoms with Gasteiger partial charge in [-0.05, 0) is 58.4 Å². The maximum Gasteiger partial charge on any atom is 0.133 e. The third-order valence-electron chi connectivity index (χ3n) is 3.18. The summed E-state index contributed by atoms with van der Waals surface area (Å²) < 4.78 is 12.0. The SMILES string of the molecule is CNCc1ccc(OCCc2ccc(OC)cc2)c(Br)c1. The van der Waals surface area contributed by atoms with E-state index in [9.17, 15) is 0 Å². The van der Waals surface area contributed by atoms with Crippen LogP contribution in [0.2, 0.25) is 0 Å². The number of nitrogens with one attached hydrogen (secondary N) is 1. The second-order valence-corrected chi connectivity index (χ2v) is 5.60. The summed E-state index contributed by atoms with van der Waals surface area (Å²) in [5.41, 5.74) is 2.46. The molecule has 0 aliphatic carbocycles. The summed E-state index contributed by atoms with van der Waals surface area (Å²) in [4.78, 5) is 0. The Labute approximate surface area is 134 Å². The molecule has 0 saturated heterocycles. The van der Waals surface area contributed by atoms with Crippen LogP contribution in [0.25, 0.3) is 0 Å². The van der Waals surface area contributed by atoms with E-state index in [0.717, 1.165) is 28.9 Å². The summed E-state index contributed by atoms with van der Waals surface area (Å²) in [5.74, 6) is 1.76. The Bertz CT molecular complexity index is 570. The lowest BCUT2D eigenvalue weighted by molar-refractivity contribution is 0.320. The lowest BCUT2D eigenvalue weighted by atomic mass is 10.1. The lowest BCUT2D eigenvalue weighted by Gasteiger charge is -2.10. The van der Waals surface area contributed by atoms with Gasteiger partial charge in [-0.2, -0.15) is 0 Å². The van der Waals surface area contributed by atoms with Crippen molar-refractivity contribution in [3.63, 3.8) is 0 Å². The van der Waals surface area contributed by atoms with E-state index in [1.807, 2.05) is 25.2 Å². The predicted molar refractivity (Wildman–Crippen MR) is 89.1 cm³/mol. The number of ether oxygens (including phenoxy) is 2. The van der Waals surface area contributed by atoms with Crippen molar-refractivity contribution in [1.29, 1.82) is 0 Å². The molecule has 0 aliphatic rings. The van der Waals surface area contributed by atoms with Crippen molar-refractivity contribution in [3.05, 3.63) is 58.1 Å². The molecule has 0 unspecified atom stereocenters. The molecule has 0 amide bonds. The van der Waals surface area contributed by atoms with Crippen molar-refractivity contribution in [2.24, 2.45) is 0 Å². The molecule has 4 heteroatoms. The molecule has 0 bridgehead atoms. The van der Waals surface area contributed by atoms with E-state index in [0.29, 0.717) is 6.61 Å². The van der Waals surface area contributed by atoms with Gasteiger partial charge in [-0.15, -0.1) is 0 Å². The Morgan fingerprint density at radius 2 is 1.76 bits per heavy atom. The van der Waals surface area contributed by atoms with Crippen molar-refractivity contribution >= 4 is 15.9 Å². The largest absolute Gasteiger partial charge is 0.497 e. The molecule has 112 valence electrons. The van der Waals surface area contributed by atoms with Crippen molar-refractivity contribution in [3.8, 4) is 11.5 Å². The number of methoxy groups -OCH3 is 1. The highest BCUT2D eigenvalue weighted by atomic mass is 79.9. The van der Waals surface area contributed by atoms with Gasteiger partial charge >= 0.3 is 0 Å². The van der Waals surface area contributed by atoms with Gasteiger partial charge < -0.3 is 14.8 Å². The van der Waals surface area contributed by atoms with E-state index in [1.165, 1.54) is 11.1 Å². The molecule has 21 heavy (non-hydrogen) atoms. The second-order valence-electron chi connectivity index (χ2n) is 4.74. The molecule has 0 aliphatic heterocycles. The van der Waals surface area contributed by atoms with Crippen LogP contribution in [0.4, 0.5) is 0 Å². The number of benzene rings is 2. The van der Waals surface area contributed by atoms with Crippen LogP contribution in [-0.4, -0.2) is 20.8 Å². The molecule has 2 rings (SSSR count). The minimum Gasteiger partial charge on any atom is -0.497 e. The van der Waals surface area contributed by atoms with Gasteiger partial charge in [-0.1, -0.05) is 18.2 Å². The minimum atomic E-state index is 0.649. The Kier molecular flexibility index (Phi) is 6.08.